The van der Waals surface area contributed by atoms with Crippen LogP contribution in [0.5, 0.6) is 11.5 Å². The van der Waals surface area contributed by atoms with Crippen molar-refractivity contribution in [2.75, 3.05) is 20.2 Å². The molecule has 104 valence electrons. The Morgan fingerprint density at radius 1 is 1.47 bits per heavy atom. The summed E-state index contributed by atoms with van der Waals surface area (Å²) in [6.45, 7) is 1.94. The number of hydrogen-bond donors (Lipinski definition) is 1. The summed E-state index contributed by atoms with van der Waals surface area (Å²) in [6.07, 6.45) is 4.52. The lowest BCUT2D eigenvalue weighted by atomic mass is 10.1. The second-order valence-electron chi connectivity index (χ2n) is 4.74. The van der Waals surface area contributed by atoms with Gasteiger partial charge in [0.05, 0.1) is 7.11 Å². The van der Waals surface area contributed by atoms with E-state index in [1.165, 1.54) is 0 Å². The molecule has 0 amide bonds. The van der Waals surface area contributed by atoms with Crippen molar-refractivity contribution in [1.82, 2.24) is 5.32 Å². The van der Waals surface area contributed by atoms with Gasteiger partial charge >= 0.3 is 0 Å². The Labute approximate surface area is 114 Å². The number of aryl methyl sites for hydroxylation is 1. The van der Waals surface area contributed by atoms with Crippen LogP contribution in [0, 0.1) is 0 Å². The summed E-state index contributed by atoms with van der Waals surface area (Å²) in [5, 5.41) is 3.33. The van der Waals surface area contributed by atoms with Gasteiger partial charge < -0.3 is 19.6 Å². The maximum Gasteiger partial charge on any atom is 0.163 e. The molecule has 0 aromatic heterocycles. The summed E-state index contributed by atoms with van der Waals surface area (Å²) in [4.78, 5) is 10.5. The van der Waals surface area contributed by atoms with Gasteiger partial charge in [-0.3, -0.25) is 0 Å². The number of piperidine rings is 1. The first-order valence-corrected chi connectivity index (χ1v) is 6.82. The summed E-state index contributed by atoms with van der Waals surface area (Å²) in [7, 11) is 1.64. The quantitative estimate of drug-likeness (QED) is 0.797. The van der Waals surface area contributed by atoms with Crippen molar-refractivity contribution in [3.8, 4) is 11.5 Å². The van der Waals surface area contributed by atoms with Crippen molar-refractivity contribution in [1.29, 1.82) is 0 Å². The first-order valence-electron chi connectivity index (χ1n) is 6.82. The SMILES string of the molecule is COc1c(CCC=O)cccc1OC1CCCNC1. The Morgan fingerprint density at radius 3 is 3.05 bits per heavy atom. The molecular formula is C15H21NO3. The molecule has 4 heteroatoms. The molecule has 1 aromatic rings. The van der Waals surface area contributed by atoms with Crippen LogP contribution in [0.25, 0.3) is 0 Å². The van der Waals surface area contributed by atoms with Crippen LogP contribution in [0.3, 0.4) is 0 Å². The number of carbonyl (C=O) groups excluding carboxylic acids is 1. The minimum atomic E-state index is 0.198. The highest BCUT2D eigenvalue weighted by Gasteiger charge is 2.17. The number of carbonyl (C=O) groups is 1. The molecule has 0 spiro atoms. The van der Waals surface area contributed by atoms with E-state index in [1.807, 2.05) is 18.2 Å². The predicted octanol–water partition coefficient (Wildman–Crippen LogP) is 1.96. The van der Waals surface area contributed by atoms with Crippen LogP contribution in [0.2, 0.25) is 0 Å². The molecule has 1 aromatic carbocycles. The van der Waals surface area contributed by atoms with E-state index in [1.54, 1.807) is 7.11 Å². The number of hydrogen-bond acceptors (Lipinski definition) is 4. The van der Waals surface area contributed by atoms with E-state index >= 15 is 0 Å². The van der Waals surface area contributed by atoms with Crippen LogP contribution in [0.15, 0.2) is 18.2 Å². The summed E-state index contributed by atoms with van der Waals surface area (Å²) in [5.41, 5.74) is 1.02. The summed E-state index contributed by atoms with van der Waals surface area (Å²) < 4.78 is 11.5. The number of methoxy groups -OCH3 is 1. The molecule has 2 rings (SSSR count). The number of nitrogens with one attached hydrogen (secondary N) is 1. The molecule has 0 saturated carbocycles. The molecule has 1 aliphatic rings. The van der Waals surface area contributed by atoms with Gasteiger partial charge in [0.25, 0.3) is 0 Å². The maximum absolute atomic E-state index is 10.5. The van der Waals surface area contributed by atoms with Crippen molar-refractivity contribution >= 4 is 6.29 Å². The molecule has 19 heavy (non-hydrogen) atoms. The highest BCUT2D eigenvalue weighted by molar-refractivity contribution is 5.53. The van der Waals surface area contributed by atoms with Crippen LogP contribution in [0.1, 0.15) is 24.8 Å². The largest absolute Gasteiger partial charge is 0.493 e. The first-order chi connectivity index (χ1) is 9.35. The normalized spacial score (nSPS) is 18.9. The minimum absolute atomic E-state index is 0.198. The van der Waals surface area contributed by atoms with Crippen LogP contribution in [-0.4, -0.2) is 32.6 Å². The van der Waals surface area contributed by atoms with Crippen LogP contribution in [0.4, 0.5) is 0 Å². The number of ether oxygens (including phenoxy) is 2. The smallest absolute Gasteiger partial charge is 0.163 e. The maximum atomic E-state index is 10.5. The van der Waals surface area contributed by atoms with E-state index in [-0.39, 0.29) is 6.10 Å². The molecular weight excluding hydrogens is 242 g/mol. The third kappa shape index (κ3) is 3.70. The average molecular weight is 263 g/mol. The van der Waals surface area contributed by atoms with Gasteiger partial charge in [-0.2, -0.15) is 0 Å². The lowest BCUT2D eigenvalue weighted by Crippen LogP contribution is -2.37. The first kappa shape index (κ1) is 13.9. The Balaban J connectivity index is 2.11. The van der Waals surface area contributed by atoms with Gasteiger partial charge in [0.2, 0.25) is 0 Å². The predicted molar refractivity (Wildman–Crippen MR) is 73.9 cm³/mol. The van der Waals surface area contributed by atoms with Crippen molar-refractivity contribution in [3.63, 3.8) is 0 Å². The van der Waals surface area contributed by atoms with Crippen molar-refractivity contribution < 1.29 is 14.3 Å². The van der Waals surface area contributed by atoms with Gasteiger partial charge in [0, 0.05) is 13.0 Å². The summed E-state index contributed by atoms with van der Waals surface area (Å²) in [6, 6.07) is 5.86. The van der Waals surface area contributed by atoms with E-state index in [2.05, 4.69) is 5.32 Å². The van der Waals surface area contributed by atoms with Gasteiger partial charge in [-0.25, -0.2) is 0 Å². The van der Waals surface area contributed by atoms with Crippen LogP contribution < -0.4 is 14.8 Å². The van der Waals surface area contributed by atoms with E-state index in [0.29, 0.717) is 12.8 Å². The second kappa shape index (κ2) is 7.14. The van der Waals surface area contributed by atoms with Crippen molar-refractivity contribution in [2.45, 2.75) is 31.8 Å². The van der Waals surface area contributed by atoms with Crippen molar-refractivity contribution in [2.24, 2.45) is 0 Å². The van der Waals surface area contributed by atoms with Gasteiger partial charge in [-0.15, -0.1) is 0 Å². The van der Waals surface area contributed by atoms with E-state index in [0.717, 1.165) is 49.3 Å². The zero-order chi connectivity index (χ0) is 13.5. The van der Waals surface area contributed by atoms with Crippen LogP contribution >= 0.6 is 0 Å². The fourth-order valence-electron chi connectivity index (χ4n) is 2.40. The minimum Gasteiger partial charge on any atom is -0.493 e. The fourth-order valence-corrected chi connectivity index (χ4v) is 2.40. The Hall–Kier alpha value is -1.55. The molecule has 1 saturated heterocycles. The Morgan fingerprint density at radius 2 is 2.37 bits per heavy atom. The van der Waals surface area contributed by atoms with Gasteiger partial charge in [0.1, 0.15) is 12.4 Å². The summed E-state index contributed by atoms with van der Waals surface area (Å²) in [5.74, 6) is 1.54. The number of aldehydes is 1. The molecule has 1 N–H and O–H groups in total. The third-order valence-corrected chi connectivity index (χ3v) is 3.34. The molecule has 4 nitrogen and oxygen atoms in total. The van der Waals surface area contributed by atoms with E-state index < -0.39 is 0 Å². The Bertz CT molecular complexity index is 414. The topological polar surface area (TPSA) is 47.6 Å². The molecule has 1 aliphatic heterocycles. The molecule has 1 unspecified atom stereocenters. The van der Waals surface area contributed by atoms with E-state index in [9.17, 15) is 4.79 Å². The lowest BCUT2D eigenvalue weighted by molar-refractivity contribution is -0.107. The van der Waals surface area contributed by atoms with Gasteiger partial charge in [-0.1, -0.05) is 12.1 Å². The molecule has 1 fully saturated rings. The zero-order valence-electron chi connectivity index (χ0n) is 11.4. The third-order valence-electron chi connectivity index (χ3n) is 3.34. The fraction of sp³-hybridized carbons (Fsp3) is 0.533. The van der Waals surface area contributed by atoms with Crippen molar-refractivity contribution in [3.05, 3.63) is 23.8 Å². The molecule has 0 bridgehead atoms. The summed E-state index contributed by atoms with van der Waals surface area (Å²) >= 11 is 0. The monoisotopic (exact) mass is 263 g/mol. The molecule has 1 atom stereocenters. The van der Waals surface area contributed by atoms with E-state index in [4.69, 9.17) is 9.47 Å². The van der Waals surface area contributed by atoms with Gasteiger partial charge in [0.15, 0.2) is 11.5 Å². The lowest BCUT2D eigenvalue weighted by Gasteiger charge is -2.25. The highest BCUT2D eigenvalue weighted by atomic mass is 16.5. The van der Waals surface area contributed by atoms with Gasteiger partial charge in [-0.05, 0) is 37.4 Å². The average Bonchev–Trinajstić information content (AvgIpc) is 2.46. The zero-order valence-corrected chi connectivity index (χ0v) is 11.4. The molecule has 0 aliphatic carbocycles. The number of rotatable bonds is 6. The highest BCUT2D eigenvalue weighted by Crippen LogP contribution is 2.33. The van der Waals surface area contributed by atoms with Crippen LogP contribution in [-0.2, 0) is 11.2 Å². The Kier molecular flexibility index (Phi) is 5.21. The number of para-hydroxylation sites is 1. The standard InChI is InChI=1S/C15H21NO3/c1-18-15-12(6-4-10-17)5-2-8-14(15)19-13-7-3-9-16-11-13/h2,5,8,10,13,16H,3-4,6-7,9,11H2,1H3. The molecule has 1 heterocycles. The number of benzene rings is 1. The second-order valence-corrected chi connectivity index (χ2v) is 4.74. The molecule has 0 radical (unpaired) electrons.